The Morgan fingerprint density at radius 2 is 1.74 bits per heavy atom. The second-order valence-electron chi connectivity index (χ2n) is 3.69. The molecule has 94 valence electrons. The Bertz CT molecular complexity index is 676. The fraction of sp³-hybridized carbons (Fsp3) is 0. The molecule has 0 radical (unpaired) electrons. The number of nitrogens with zero attached hydrogens (tertiary/aromatic N) is 1. The first kappa shape index (κ1) is 12.6. The number of ether oxygens (including phenoxy) is 1. The standard InChI is InChI=1S/C14H9NO4/c16-13(15-18)7-8-14(17)19-12-6-5-10-3-1-2-4-11(10)9-12/h1-9H/b8-7+. The van der Waals surface area contributed by atoms with E-state index in [0.29, 0.717) is 5.75 Å². The van der Waals surface area contributed by atoms with Crippen LogP contribution in [0.1, 0.15) is 0 Å². The monoisotopic (exact) mass is 255 g/mol. The molecule has 1 amide bonds. The highest BCUT2D eigenvalue weighted by molar-refractivity contribution is 5.95. The maximum atomic E-state index is 11.4. The third kappa shape index (κ3) is 3.32. The van der Waals surface area contributed by atoms with Crippen LogP contribution < -0.4 is 4.74 Å². The summed E-state index contributed by atoms with van der Waals surface area (Å²) >= 11 is 0. The molecule has 0 bridgehead atoms. The van der Waals surface area contributed by atoms with Gasteiger partial charge >= 0.3 is 11.9 Å². The number of hydrogen-bond acceptors (Lipinski definition) is 4. The zero-order valence-electron chi connectivity index (χ0n) is 9.78. The third-order valence-electron chi connectivity index (χ3n) is 2.39. The van der Waals surface area contributed by atoms with Gasteiger partial charge in [-0.2, -0.15) is 0 Å². The van der Waals surface area contributed by atoms with Crippen molar-refractivity contribution in [3.63, 3.8) is 0 Å². The molecule has 0 unspecified atom stereocenters. The smallest absolute Gasteiger partial charge is 0.336 e. The fourth-order valence-electron chi connectivity index (χ4n) is 1.55. The first-order valence-corrected chi connectivity index (χ1v) is 5.45. The molecule has 0 saturated carbocycles. The van der Waals surface area contributed by atoms with E-state index in [-0.39, 0.29) is 0 Å². The van der Waals surface area contributed by atoms with Gasteiger partial charge in [0.2, 0.25) is 0 Å². The molecule has 0 aliphatic heterocycles. The van der Waals surface area contributed by atoms with E-state index in [1.165, 1.54) is 0 Å². The van der Waals surface area contributed by atoms with E-state index >= 15 is 0 Å². The number of carbonyl (C=O) groups excluding carboxylic acids is 2. The molecule has 5 heteroatoms. The Hall–Kier alpha value is -2.82. The molecule has 2 aromatic rings. The average Bonchev–Trinajstić information content (AvgIpc) is 2.44. The van der Waals surface area contributed by atoms with Crippen LogP contribution in [0.15, 0.2) is 59.8 Å². The third-order valence-corrected chi connectivity index (χ3v) is 2.39. The number of amides is 1. The molecule has 2 rings (SSSR count). The van der Waals surface area contributed by atoms with Crippen LogP contribution in [0, 0.1) is 4.91 Å². The normalized spacial score (nSPS) is 10.5. The van der Waals surface area contributed by atoms with Crippen molar-refractivity contribution in [2.24, 2.45) is 5.18 Å². The molecule has 19 heavy (non-hydrogen) atoms. The lowest BCUT2D eigenvalue weighted by atomic mass is 10.1. The molecule has 0 aromatic heterocycles. The summed E-state index contributed by atoms with van der Waals surface area (Å²) in [5.74, 6) is -1.41. The molecule has 0 spiro atoms. The van der Waals surface area contributed by atoms with Crippen molar-refractivity contribution in [3.05, 3.63) is 59.5 Å². The number of carbonyl (C=O) groups is 2. The van der Waals surface area contributed by atoms with Gasteiger partial charge in [0.1, 0.15) is 5.75 Å². The molecule has 0 N–H and O–H groups in total. The SMILES string of the molecule is O=NC(=O)/C=C/C(=O)Oc1ccc2ccccc2c1. The Kier molecular flexibility index (Phi) is 3.78. The van der Waals surface area contributed by atoms with Crippen LogP contribution in [0.5, 0.6) is 5.75 Å². The number of rotatable bonds is 3. The molecule has 0 aliphatic carbocycles. The summed E-state index contributed by atoms with van der Waals surface area (Å²) < 4.78 is 5.00. The lowest BCUT2D eigenvalue weighted by Gasteiger charge is -2.03. The summed E-state index contributed by atoms with van der Waals surface area (Å²) in [6.07, 6.45) is 1.62. The number of benzene rings is 2. The molecule has 0 atom stereocenters. The van der Waals surface area contributed by atoms with Crippen LogP contribution in [0.4, 0.5) is 0 Å². The van der Waals surface area contributed by atoms with Crippen LogP contribution in [-0.2, 0) is 9.59 Å². The van der Waals surface area contributed by atoms with Crippen molar-refractivity contribution in [1.82, 2.24) is 0 Å². The Balaban J connectivity index is 2.13. The largest absolute Gasteiger partial charge is 0.423 e. The summed E-state index contributed by atoms with van der Waals surface area (Å²) in [5, 5.41) is 4.08. The van der Waals surface area contributed by atoms with E-state index in [1.54, 1.807) is 12.1 Å². The van der Waals surface area contributed by atoms with Gasteiger partial charge in [-0.25, -0.2) is 4.79 Å². The van der Waals surface area contributed by atoms with Crippen LogP contribution in [0.25, 0.3) is 10.8 Å². The van der Waals surface area contributed by atoms with Gasteiger partial charge in [-0.15, -0.1) is 4.91 Å². The van der Waals surface area contributed by atoms with Gasteiger partial charge in [0, 0.05) is 17.3 Å². The maximum absolute atomic E-state index is 11.4. The fourth-order valence-corrected chi connectivity index (χ4v) is 1.55. The number of nitroso groups, excluding NO2 is 1. The molecule has 0 fully saturated rings. The summed E-state index contributed by atoms with van der Waals surface area (Å²) in [5.41, 5.74) is 0. The van der Waals surface area contributed by atoms with Crippen molar-refractivity contribution >= 4 is 22.6 Å². The molecule has 0 aliphatic rings. The van der Waals surface area contributed by atoms with Gasteiger partial charge in [-0.05, 0) is 22.9 Å². The van der Waals surface area contributed by atoms with Crippen molar-refractivity contribution in [2.45, 2.75) is 0 Å². The van der Waals surface area contributed by atoms with Crippen molar-refractivity contribution in [1.29, 1.82) is 0 Å². The minimum absolute atomic E-state index is 0.361. The van der Waals surface area contributed by atoms with Crippen LogP contribution in [0.3, 0.4) is 0 Å². The minimum Gasteiger partial charge on any atom is -0.423 e. The van der Waals surface area contributed by atoms with Crippen LogP contribution in [-0.4, -0.2) is 11.9 Å². The first-order valence-electron chi connectivity index (χ1n) is 5.45. The zero-order chi connectivity index (χ0) is 13.7. The van der Waals surface area contributed by atoms with Gasteiger partial charge in [-0.1, -0.05) is 30.3 Å². The van der Waals surface area contributed by atoms with E-state index in [4.69, 9.17) is 4.74 Å². The van der Waals surface area contributed by atoms with Crippen LogP contribution in [0.2, 0.25) is 0 Å². The summed E-state index contributed by atoms with van der Waals surface area (Å²) in [6.45, 7) is 0. The van der Waals surface area contributed by atoms with Crippen LogP contribution >= 0.6 is 0 Å². The zero-order valence-corrected chi connectivity index (χ0v) is 9.78. The van der Waals surface area contributed by atoms with Crippen molar-refractivity contribution in [3.8, 4) is 5.75 Å². The molecule has 5 nitrogen and oxygen atoms in total. The Labute approximate surface area is 108 Å². The minimum atomic E-state index is -1.03. The molecular weight excluding hydrogens is 246 g/mol. The van der Waals surface area contributed by atoms with E-state index in [2.05, 4.69) is 5.18 Å². The van der Waals surface area contributed by atoms with E-state index < -0.39 is 11.9 Å². The van der Waals surface area contributed by atoms with Crippen molar-refractivity contribution in [2.75, 3.05) is 0 Å². The second-order valence-corrected chi connectivity index (χ2v) is 3.69. The number of esters is 1. The Morgan fingerprint density at radius 3 is 2.47 bits per heavy atom. The van der Waals surface area contributed by atoms with Gasteiger partial charge < -0.3 is 4.74 Å². The molecule has 2 aromatic carbocycles. The average molecular weight is 255 g/mol. The second kappa shape index (κ2) is 5.68. The van der Waals surface area contributed by atoms with E-state index in [1.807, 2.05) is 30.3 Å². The lowest BCUT2D eigenvalue weighted by molar-refractivity contribution is -0.129. The quantitative estimate of drug-likeness (QED) is 0.365. The van der Waals surface area contributed by atoms with Gasteiger partial charge in [0.25, 0.3) is 0 Å². The topological polar surface area (TPSA) is 72.8 Å². The predicted octanol–water partition coefficient (Wildman–Crippen LogP) is 2.59. The van der Waals surface area contributed by atoms with E-state index in [9.17, 15) is 14.5 Å². The highest BCUT2D eigenvalue weighted by Crippen LogP contribution is 2.20. The van der Waals surface area contributed by atoms with Gasteiger partial charge in [0.05, 0.1) is 0 Å². The molecular formula is C14H9NO4. The highest BCUT2D eigenvalue weighted by Gasteiger charge is 2.03. The highest BCUT2D eigenvalue weighted by atomic mass is 16.5. The molecule has 0 heterocycles. The molecule has 0 saturated heterocycles. The maximum Gasteiger partial charge on any atom is 0.336 e. The summed E-state index contributed by atoms with van der Waals surface area (Å²) in [7, 11) is 0. The lowest BCUT2D eigenvalue weighted by Crippen LogP contribution is -2.04. The Morgan fingerprint density at radius 1 is 1.00 bits per heavy atom. The number of hydrogen-bond donors (Lipinski definition) is 0. The van der Waals surface area contributed by atoms with E-state index in [0.717, 1.165) is 22.9 Å². The van der Waals surface area contributed by atoms with Gasteiger partial charge in [-0.3, -0.25) is 4.79 Å². The predicted molar refractivity (Wildman–Crippen MR) is 69.5 cm³/mol. The summed E-state index contributed by atoms with van der Waals surface area (Å²) in [4.78, 5) is 31.8. The first-order chi connectivity index (χ1) is 9.19. The summed E-state index contributed by atoms with van der Waals surface area (Å²) in [6, 6.07) is 12.8. The van der Waals surface area contributed by atoms with Crippen molar-refractivity contribution < 1.29 is 14.3 Å². The number of fused-ring (bicyclic) bond motifs is 1. The van der Waals surface area contributed by atoms with Gasteiger partial charge in [0.15, 0.2) is 0 Å².